The van der Waals surface area contributed by atoms with Crippen LogP contribution in [0.25, 0.3) is 11.1 Å². The van der Waals surface area contributed by atoms with Gasteiger partial charge in [0.15, 0.2) is 0 Å². The number of aliphatic carboxylic acids is 1. The Balaban J connectivity index is 1.42. The minimum Gasteiger partial charge on any atom is -0.480 e. The highest BCUT2D eigenvalue weighted by atomic mass is 16.5. The Labute approximate surface area is 176 Å². The maximum atomic E-state index is 12.5. The predicted molar refractivity (Wildman–Crippen MR) is 112 cm³/mol. The number of alkyl carbamates (subject to hydrolysis) is 1. The Morgan fingerprint density at radius 2 is 1.63 bits per heavy atom. The summed E-state index contributed by atoms with van der Waals surface area (Å²) < 4.78 is 11.1. The minimum absolute atomic E-state index is 0.0634. The van der Waals surface area contributed by atoms with Crippen LogP contribution in [0.15, 0.2) is 48.5 Å². The molecule has 6 nitrogen and oxygen atoms in total. The summed E-state index contributed by atoms with van der Waals surface area (Å²) in [6, 6.07) is 15.1. The van der Waals surface area contributed by atoms with Crippen LogP contribution in [-0.4, -0.2) is 42.5 Å². The molecule has 30 heavy (non-hydrogen) atoms. The second kappa shape index (κ2) is 8.48. The molecular weight excluding hydrogens is 382 g/mol. The van der Waals surface area contributed by atoms with Gasteiger partial charge in [-0.3, -0.25) is 0 Å². The molecule has 1 amide bonds. The summed E-state index contributed by atoms with van der Waals surface area (Å²) in [4.78, 5) is 24.2. The fourth-order valence-corrected chi connectivity index (χ4v) is 4.87. The standard InChI is InChI=1S/C24H27NO5/c1-29-24(12-6-7-13-24)14-21(22(26)27)25-23(28)30-15-20-18-10-4-2-8-16(18)17-9-3-5-11-19(17)20/h2-5,8-11,20-21H,6-7,12-15H2,1H3,(H,25,28)(H,26,27). The Bertz CT molecular complexity index is 889. The van der Waals surface area contributed by atoms with Crippen molar-refractivity contribution in [2.24, 2.45) is 0 Å². The zero-order valence-corrected chi connectivity index (χ0v) is 17.1. The van der Waals surface area contributed by atoms with Crippen molar-refractivity contribution in [1.29, 1.82) is 0 Å². The van der Waals surface area contributed by atoms with Gasteiger partial charge in [0.25, 0.3) is 0 Å². The summed E-state index contributed by atoms with van der Waals surface area (Å²) in [7, 11) is 1.61. The molecule has 2 aromatic carbocycles. The summed E-state index contributed by atoms with van der Waals surface area (Å²) in [6.07, 6.45) is 3.15. The van der Waals surface area contributed by atoms with Crippen LogP contribution in [0, 0.1) is 0 Å². The number of hydrogen-bond acceptors (Lipinski definition) is 4. The van der Waals surface area contributed by atoms with Crippen molar-refractivity contribution in [1.82, 2.24) is 5.32 Å². The highest BCUT2D eigenvalue weighted by Crippen LogP contribution is 2.44. The molecular formula is C24H27NO5. The second-order valence-electron chi connectivity index (χ2n) is 8.16. The van der Waals surface area contributed by atoms with Crippen LogP contribution >= 0.6 is 0 Å². The maximum Gasteiger partial charge on any atom is 0.407 e. The van der Waals surface area contributed by atoms with E-state index in [1.165, 1.54) is 0 Å². The van der Waals surface area contributed by atoms with Gasteiger partial charge >= 0.3 is 12.1 Å². The lowest BCUT2D eigenvalue weighted by molar-refractivity contribution is -0.141. The highest BCUT2D eigenvalue weighted by molar-refractivity contribution is 5.81. The molecule has 158 valence electrons. The van der Waals surface area contributed by atoms with Crippen LogP contribution in [0.1, 0.15) is 49.1 Å². The lowest BCUT2D eigenvalue weighted by Crippen LogP contribution is -2.47. The molecule has 0 aromatic heterocycles. The number of benzene rings is 2. The first-order valence-electron chi connectivity index (χ1n) is 10.4. The third-order valence-electron chi connectivity index (χ3n) is 6.46. The molecule has 1 fully saturated rings. The van der Waals surface area contributed by atoms with E-state index >= 15 is 0 Å². The van der Waals surface area contributed by atoms with Crippen molar-refractivity contribution in [3.05, 3.63) is 59.7 Å². The van der Waals surface area contributed by atoms with Gasteiger partial charge in [0.2, 0.25) is 0 Å². The van der Waals surface area contributed by atoms with E-state index in [1.807, 2.05) is 36.4 Å². The monoisotopic (exact) mass is 409 g/mol. The van der Waals surface area contributed by atoms with Crippen LogP contribution < -0.4 is 5.32 Å². The van der Waals surface area contributed by atoms with E-state index in [4.69, 9.17) is 9.47 Å². The first-order valence-corrected chi connectivity index (χ1v) is 10.4. The number of carbonyl (C=O) groups is 2. The molecule has 2 N–H and O–H groups in total. The smallest absolute Gasteiger partial charge is 0.407 e. The molecule has 6 heteroatoms. The number of carboxylic acid groups (broad SMARTS) is 1. The first kappa shape index (κ1) is 20.4. The van der Waals surface area contributed by atoms with Gasteiger partial charge in [0.1, 0.15) is 12.6 Å². The Kier molecular flexibility index (Phi) is 5.77. The number of fused-ring (bicyclic) bond motifs is 3. The minimum atomic E-state index is -1.08. The lowest BCUT2D eigenvalue weighted by Gasteiger charge is -2.30. The number of nitrogens with one attached hydrogen (secondary N) is 1. The van der Waals surface area contributed by atoms with Crippen molar-refractivity contribution in [3.63, 3.8) is 0 Å². The van der Waals surface area contributed by atoms with E-state index in [9.17, 15) is 14.7 Å². The molecule has 0 radical (unpaired) electrons. The van der Waals surface area contributed by atoms with Gasteiger partial charge in [-0.25, -0.2) is 9.59 Å². The van der Waals surface area contributed by atoms with Crippen LogP contribution in [0.2, 0.25) is 0 Å². The molecule has 2 aliphatic carbocycles. The molecule has 2 aromatic rings. The maximum absolute atomic E-state index is 12.5. The number of carbonyl (C=O) groups excluding carboxylic acids is 1. The Morgan fingerprint density at radius 3 is 2.17 bits per heavy atom. The van der Waals surface area contributed by atoms with E-state index in [2.05, 4.69) is 17.4 Å². The zero-order chi connectivity index (χ0) is 21.1. The van der Waals surface area contributed by atoms with Gasteiger partial charge in [-0.2, -0.15) is 0 Å². The van der Waals surface area contributed by atoms with Crippen molar-refractivity contribution in [2.45, 2.75) is 49.7 Å². The van der Waals surface area contributed by atoms with Crippen molar-refractivity contribution >= 4 is 12.1 Å². The molecule has 1 atom stereocenters. The number of methoxy groups -OCH3 is 1. The van der Waals surface area contributed by atoms with Gasteiger partial charge in [0.05, 0.1) is 5.60 Å². The zero-order valence-electron chi connectivity index (χ0n) is 17.1. The van der Waals surface area contributed by atoms with Gasteiger partial charge in [-0.05, 0) is 35.1 Å². The molecule has 0 bridgehead atoms. The van der Waals surface area contributed by atoms with Crippen LogP contribution in [0.3, 0.4) is 0 Å². The molecule has 0 saturated heterocycles. The quantitative estimate of drug-likeness (QED) is 0.711. The molecule has 2 aliphatic rings. The number of hydrogen-bond donors (Lipinski definition) is 2. The van der Waals surface area contributed by atoms with E-state index in [0.29, 0.717) is 0 Å². The van der Waals surface area contributed by atoms with Crippen molar-refractivity contribution < 1.29 is 24.2 Å². The summed E-state index contributed by atoms with van der Waals surface area (Å²) in [5.74, 6) is -1.14. The summed E-state index contributed by atoms with van der Waals surface area (Å²) >= 11 is 0. The Hall–Kier alpha value is -2.86. The molecule has 0 spiro atoms. The predicted octanol–water partition coefficient (Wildman–Crippen LogP) is 4.33. The average Bonchev–Trinajstić information content (AvgIpc) is 3.35. The van der Waals surface area contributed by atoms with Crippen molar-refractivity contribution in [3.8, 4) is 11.1 Å². The summed E-state index contributed by atoms with van der Waals surface area (Å²) in [5, 5.41) is 12.1. The number of carboxylic acids is 1. The molecule has 0 heterocycles. The highest BCUT2D eigenvalue weighted by Gasteiger charge is 2.39. The summed E-state index contributed by atoms with van der Waals surface area (Å²) in [6.45, 7) is 0.154. The third-order valence-corrected chi connectivity index (χ3v) is 6.46. The van der Waals surface area contributed by atoms with E-state index in [-0.39, 0.29) is 18.9 Å². The normalized spacial score (nSPS) is 17.8. The van der Waals surface area contributed by atoms with E-state index in [1.54, 1.807) is 7.11 Å². The second-order valence-corrected chi connectivity index (χ2v) is 8.16. The molecule has 0 aliphatic heterocycles. The van der Waals surface area contributed by atoms with E-state index in [0.717, 1.165) is 47.9 Å². The molecule has 1 saturated carbocycles. The van der Waals surface area contributed by atoms with Gasteiger partial charge in [-0.1, -0.05) is 61.4 Å². The summed E-state index contributed by atoms with van der Waals surface area (Å²) in [5.41, 5.74) is 4.04. The van der Waals surface area contributed by atoms with E-state index < -0.39 is 23.7 Å². The number of amides is 1. The largest absolute Gasteiger partial charge is 0.480 e. The van der Waals surface area contributed by atoms with Gasteiger partial charge in [0, 0.05) is 19.4 Å². The first-order chi connectivity index (χ1) is 14.5. The van der Waals surface area contributed by atoms with Crippen LogP contribution in [-0.2, 0) is 14.3 Å². The third kappa shape index (κ3) is 3.92. The van der Waals surface area contributed by atoms with Gasteiger partial charge < -0.3 is 19.9 Å². The number of ether oxygens (including phenoxy) is 2. The molecule has 4 rings (SSSR count). The van der Waals surface area contributed by atoms with Crippen LogP contribution in [0.5, 0.6) is 0 Å². The van der Waals surface area contributed by atoms with Gasteiger partial charge in [-0.15, -0.1) is 0 Å². The average molecular weight is 409 g/mol. The Morgan fingerprint density at radius 1 is 1.07 bits per heavy atom. The van der Waals surface area contributed by atoms with Crippen LogP contribution in [0.4, 0.5) is 4.79 Å². The number of rotatable bonds is 7. The lowest BCUT2D eigenvalue weighted by atomic mass is 9.93. The topological polar surface area (TPSA) is 84.9 Å². The molecule has 1 unspecified atom stereocenters. The SMILES string of the molecule is COC1(CC(NC(=O)OCC2c3ccccc3-c3ccccc32)C(=O)O)CCCC1. The fraction of sp³-hybridized carbons (Fsp3) is 0.417. The van der Waals surface area contributed by atoms with Crippen molar-refractivity contribution in [2.75, 3.05) is 13.7 Å². The fourth-order valence-electron chi connectivity index (χ4n) is 4.87.